The van der Waals surface area contributed by atoms with E-state index in [1.165, 1.54) is 23.3 Å². The maximum Gasteiger partial charge on any atom is 0.253 e. The Bertz CT molecular complexity index is 1290. The van der Waals surface area contributed by atoms with Crippen molar-refractivity contribution in [2.75, 3.05) is 6.54 Å². The Hall–Kier alpha value is -3.61. The van der Waals surface area contributed by atoms with E-state index in [2.05, 4.69) is 46.3 Å². The first-order chi connectivity index (χ1) is 16.8. The van der Waals surface area contributed by atoms with Gasteiger partial charge < -0.3 is 4.90 Å². The maximum absolute atomic E-state index is 13.8. The molecule has 1 aliphatic heterocycles. The Balaban J connectivity index is 0.00000108. The molecule has 0 unspecified atom stereocenters. The summed E-state index contributed by atoms with van der Waals surface area (Å²) < 4.78 is 15.3. The molecule has 0 radical (unpaired) electrons. The second-order valence-electron chi connectivity index (χ2n) is 8.71. The van der Waals surface area contributed by atoms with E-state index in [1.807, 2.05) is 32.2 Å². The first-order valence-corrected chi connectivity index (χ1v) is 12.1. The highest BCUT2D eigenvalue weighted by molar-refractivity contribution is 5.63. The summed E-state index contributed by atoms with van der Waals surface area (Å²) >= 11 is 0. The van der Waals surface area contributed by atoms with E-state index in [4.69, 9.17) is 0 Å². The third-order valence-corrected chi connectivity index (χ3v) is 5.95. The smallest absolute Gasteiger partial charge is 0.253 e. The molecule has 184 valence electrons. The van der Waals surface area contributed by atoms with E-state index < -0.39 is 5.95 Å². The number of rotatable bonds is 5. The fraction of sp³-hybridized carbons (Fsp3) is 0.357. The molecule has 0 aromatic carbocycles. The molecule has 0 fully saturated rings. The van der Waals surface area contributed by atoms with Crippen molar-refractivity contribution >= 4 is 6.08 Å². The van der Waals surface area contributed by atoms with Crippen LogP contribution in [-0.2, 0) is 26.4 Å². The van der Waals surface area contributed by atoms with Gasteiger partial charge >= 0.3 is 0 Å². The van der Waals surface area contributed by atoms with Gasteiger partial charge in [0.05, 0.1) is 0 Å². The van der Waals surface area contributed by atoms with E-state index in [1.54, 1.807) is 13.2 Å². The van der Waals surface area contributed by atoms with Gasteiger partial charge in [0.2, 0.25) is 5.95 Å². The lowest BCUT2D eigenvalue weighted by atomic mass is 9.99. The molecule has 0 amide bonds. The van der Waals surface area contributed by atoms with Gasteiger partial charge in [-0.1, -0.05) is 33.8 Å². The SMILES string of the molecule is C=C(/C(C)=C\c1nccc(=O)n1C)N1CCc2ncc(-c3cnc(F)c(CC)c3)cc2C1.CCC. The lowest BCUT2D eigenvalue weighted by Gasteiger charge is -2.32. The summed E-state index contributed by atoms with van der Waals surface area (Å²) in [5.74, 6) is 0.172. The van der Waals surface area contributed by atoms with Crippen molar-refractivity contribution in [1.82, 2.24) is 24.4 Å². The van der Waals surface area contributed by atoms with Crippen LogP contribution in [0.4, 0.5) is 4.39 Å². The average molecular weight is 476 g/mol. The van der Waals surface area contributed by atoms with Gasteiger partial charge in [0, 0.05) is 79.3 Å². The Labute approximate surface area is 206 Å². The quantitative estimate of drug-likeness (QED) is 0.369. The summed E-state index contributed by atoms with van der Waals surface area (Å²) in [6.45, 7) is 13.9. The van der Waals surface area contributed by atoms with Crippen molar-refractivity contribution in [3.63, 3.8) is 0 Å². The molecule has 0 N–H and O–H groups in total. The molecule has 4 heterocycles. The number of nitrogens with zero attached hydrogens (tertiary/aromatic N) is 5. The average Bonchev–Trinajstić information content (AvgIpc) is 2.86. The van der Waals surface area contributed by atoms with E-state index >= 15 is 0 Å². The van der Waals surface area contributed by atoms with E-state index in [0.717, 1.165) is 46.6 Å². The van der Waals surface area contributed by atoms with Crippen LogP contribution < -0.4 is 5.56 Å². The van der Waals surface area contributed by atoms with E-state index in [-0.39, 0.29) is 5.56 Å². The Morgan fingerprint density at radius 2 is 1.83 bits per heavy atom. The molecule has 0 aliphatic carbocycles. The molecular formula is C28H34FN5O. The molecule has 0 spiro atoms. The van der Waals surface area contributed by atoms with Gasteiger partial charge in [-0.25, -0.2) is 9.97 Å². The zero-order valence-corrected chi connectivity index (χ0v) is 21.3. The zero-order chi connectivity index (χ0) is 25.5. The largest absolute Gasteiger partial charge is 0.367 e. The number of aromatic nitrogens is 4. The number of allylic oxidation sites excluding steroid dienone is 1. The van der Waals surface area contributed by atoms with Crippen LogP contribution in [-0.4, -0.2) is 31.0 Å². The highest BCUT2D eigenvalue weighted by atomic mass is 19.1. The predicted octanol–water partition coefficient (Wildman–Crippen LogP) is 5.33. The van der Waals surface area contributed by atoms with Gasteiger partial charge in [-0.05, 0) is 42.7 Å². The van der Waals surface area contributed by atoms with Crippen LogP contribution >= 0.6 is 0 Å². The summed E-state index contributed by atoms with van der Waals surface area (Å²) in [7, 11) is 1.70. The molecule has 0 atom stereocenters. The lowest BCUT2D eigenvalue weighted by molar-refractivity contribution is 0.326. The van der Waals surface area contributed by atoms with Crippen LogP contribution in [0.5, 0.6) is 0 Å². The molecular weight excluding hydrogens is 441 g/mol. The summed E-state index contributed by atoms with van der Waals surface area (Å²) in [5.41, 5.74) is 6.30. The highest BCUT2D eigenvalue weighted by Crippen LogP contribution is 2.28. The second-order valence-corrected chi connectivity index (χ2v) is 8.71. The Morgan fingerprint density at radius 1 is 1.14 bits per heavy atom. The minimum Gasteiger partial charge on any atom is -0.367 e. The molecule has 4 rings (SSSR count). The maximum atomic E-state index is 13.8. The van der Waals surface area contributed by atoms with Gasteiger partial charge in [0.15, 0.2) is 0 Å². The molecule has 6 nitrogen and oxygen atoms in total. The summed E-state index contributed by atoms with van der Waals surface area (Å²) in [6, 6.07) is 5.39. The van der Waals surface area contributed by atoms with Crippen molar-refractivity contribution in [2.45, 2.75) is 53.5 Å². The first-order valence-electron chi connectivity index (χ1n) is 12.1. The molecule has 7 heteroatoms. The van der Waals surface area contributed by atoms with Crippen LogP contribution in [0.25, 0.3) is 17.2 Å². The van der Waals surface area contributed by atoms with Gasteiger partial charge in [-0.2, -0.15) is 4.39 Å². The van der Waals surface area contributed by atoms with Crippen LogP contribution in [0.3, 0.4) is 0 Å². The topological polar surface area (TPSA) is 63.9 Å². The fourth-order valence-electron chi connectivity index (χ4n) is 3.86. The number of hydrogen-bond donors (Lipinski definition) is 0. The molecule has 3 aromatic heterocycles. The summed E-state index contributed by atoms with van der Waals surface area (Å²) in [5, 5.41) is 0. The first kappa shape index (κ1) is 26.0. The van der Waals surface area contributed by atoms with Crippen molar-refractivity contribution in [3.05, 3.63) is 93.6 Å². The highest BCUT2D eigenvalue weighted by Gasteiger charge is 2.20. The summed E-state index contributed by atoms with van der Waals surface area (Å²) in [6.07, 6.45) is 9.44. The zero-order valence-electron chi connectivity index (χ0n) is 21.3. The van der Waals surface area contributed by atoms with Crippen LogP contribution in [0.15, 0.2) is 59.4 Å². The summed E-state index contributed by atoms with van der Waals surface area (Å²) in [4.78, 5) is 26.9. The number of hydrogen-bond acceptors (Lipinski definition) is 5. The number of pyridine rings is 2. The van der Waals surface area contributed by atoms with Gasteiger partial charge in [-0.3, -0.25) is 14.3 Å². The predicted molar refractivity (Wildman–Crippen MR) is 139 cm³/mol. The van der Waals surface area contributed by atoms with Gasteiger partial charge in [0.1, 0.15) is 5.82 Å². The standard InChI is InChI=1S/C25H26FN5O.C3H8/c1-5-18-11-19(14-29-25(18)26)20-12-21-15-31(9-7-22(21)28-13-20)17(3)16(2)10-23-27-8-6-24(32)30(23)4;1-3-2/h6,8,10-14H,3,5,7,9,15H2,1-2,4H3;3H2,1-2H3/b16-10-;. The number of fused-ring (bicyclic) bond motifs is 1. The molecule has 0 bridgehead atoms. The van der Waals surface area contributed by atoms with Crippen molar-refractivity contribution in [3.8, 4) is 11.1 Å². The van der Waals surface area contributed by atoms with Crippen LogP contribution in [0.2, 0.25) is 0 Å². The van der Waals surface area contributed by atoms with E-state index in [9.17, 15) is 9.18 Å². The van der Waals surface area contributed by atoms with Crippen LogP contribution in [0.1, 0.15) is 56.8 Å². The number of aryl methyl sites for hydroxylation is 1. The van der Waals surface area contributed by atoms with Crippen LogP contribution in [0, 0.1) is 5.95 Å². The fourth-order valence-corrected chi connectivity index (χ4v) is 3.86. The second kappa shape index (κ2) is 11.7. The van der Waals surface area contributed by atoms with Crippen molar-refractivity contribution < 1.29 is 4.39 Å². The minimum atomic E-state index is -0.419. The Kier molecular flexibility index (Phi) is 8.68. The minimum absolute atomic E-state index is 0.100. The van der Waals surface area contributed by atoms with Crippen molar-refractivity contribution in [2.24, 2.45) is 7.05 Å². The lowest BCUT2D eigenvalue weighted by Crippen LogP contribution is -2.30. The third kappa shape index (κ3) is 6.10. The monoisotopic (exact) mass is 475 g/mol. The molecule has 0 saturated heterocycles. The van der Waals surface area contributed by atoms with Gasteiger partial charge in [-0.15, -0.1) is 0 Å². The van der Waals surface area contributed by atoms with Gasteiger partial charge in [0.25, 0.3) is 5.56 Å². The molecule has 0 saturated carbocycles. The Morgan fingerprint density at radius 3 is 2.54 bits per heavy atom. The third-order valence-electron chi connectivity index (χ3n) is 5.95. The molecule has 3 aromatic rings. The normalized spacial score (nSPS) is 13.1. The van der Waals surface area contributed by atoms with E-state index in [0.29, 0.717) is 24.4 Å². The molecule has 1 aliphatic rings. The van der Waals surface area contributed by atoms with Crippen molar-refractivity contribution in [1.29, 1.82) is 0 Å². The molecule has 35 heavy (non-hydrogen) atoms. The number of halogens is 1.